The van der Waals surface area contributed by atoms with Crippen LogP contribution < -0.4 is 24.4 Å². The number of para-hydroxylation sites is 2. The van der Waals surface area contributed by atoms with Crippen LogP contribution in [0.4, 0.5) is 5.69 Å². The molecule has 0 aromatic heterocycles. The first-order valence-corrected chi connectivity index (χ1v) is 8.73. The van der Waals surface area contributed by atoms with Gasteiger partial charge in [-0.3, -0.25) is 14.5 Å². The summed E-state index contributed by atoms with van der Waals surface area (Å²) in [6.07, 6.45) is 0.239. The summed E-state index contributed by atoms with van der Waals surface area (Å²) in [4.78, 5) is 26.0. The zero-order valence-corrected chi connectivity index (χ0v) is 15.1. The number of nitrogens with zero attached hydrogens (tertiary/aromatic N) is 1. The summed E-state index contributed by atoms with van der Waals surface area (Å²) in [5.74, 6) is 1.67. The predicted molar refractivity (Wildman–Crippen MR) is 100 cm³/mol. The van der Waals surface area contributed by atoms with Crippen molar-refractivity contribution in [2.45, 2.75) is 6.42 Å². The average molecular weight is 370 g/mol. The average Bonchev–Trinajstić information content (AvgIpc) is 2.85. The molecule has 2 aromatic carbocycles. The maximum absolute atomic E-state index is 12.3. The molecule has 1 aliphatic heterocycles. The Morgan fingerprint density at radius 3 is 2.67 bits per heavy atom. The Labute approximate surface area is 157 Å². The molecule has 0 spiro atoms. The van der Waals surface area contributed by atoms with Gasteiger partial charge in [-0.05, 0) is 36.4 Å². The Balaban J connectivity index is 1.49. The van der Waals surface area contributed by atoms with E-state index in [0.29, 0.717) is 36.9 Å². The van der Waals surface area contributed by atoms with E-state index in [1.807, 2.05) is 12.1 Å². The molecule has 7 heteroatoms. The molecule has 0 saturated carbocycles. The van der Waals surface area contributed by atoms with Gasteiger partial charge in [0, 0.05) is 0 Å². The van der Waals surface area contributed by atoms with E-state index in [0.717, 1.165) is 5.75 Å². The molecule has 3 rings (SSSR count). The molecule has 0 fully saturated rings. The fourth-order valence-corrected chi connectivity index (χ4v) is 2.72. The number of carbonyl (C=O) groups is 2. The second-order valence-corrected chi connectivity index (χ2v) is 5.92. The molecule has 142 valence electrons. The lowest BCUT2D eigenvalue weighted by atomic mass is 10.2. The first kappa shape index (κ1) is 18.6. The quantitative estimate of drug-likeness (QED) is 0.755. The van der Waals surface area contributed by atoms with Crippen LogP contribution in [0.1, 0.15) is 6.42 Å². The van der Waals surface area contributed by atoms with E-state index in [1.165, 1.54) is 4.90 Å². The SMILES string of the molecule is COc1ccc(OCCNC(=O)CN2C(=O)CCOc3ccccc32)cc1. The van der Waals surface area contributed by atoms with Crippen LogP contribution in [0.5, 0.6) is 17.2 Å². The molecular weight excluding hydrogens is 348 g/mol. The highest BCUT2D eigenvalue weighted by atomic mass is 16.5. The highest BCUT2D eigenvalue weighted by Crippen LogP contribution is 2.30. The lowest BCUT2D eigenvalue weighted by Crippen LogP contribution is -2.41. The Hall–Kier alpha value is -3.22. The molecule has 1 N–H and O–H groups in total. The maximum Gasteiger partial charge on any atom is 0.240 e. The number of anilines is 1. The van der Waals surface area contributed by atoms with Gasteiger partial charge in [0.15, 0.2) is 0 Å². The first-order chi connectivity index (χ1) is 13.2. The molecule has 0 saturated heterocycles. The van der Waals surface area contributed by atoms with E-state index in [1.54, 1.807) is 43.5 Å². The number of amides is 2. The van der Waals surface area contributed by atoms with Crippen molar-refractivity contribution in [2.24, 2.45) is 0 Å². The summed E-state index contributed by atoms with van der Waals surface area (Å²) < 4.78 is 16.2. The molecule has 0 atom stereocenters. The molecule has 7 nitrogen and oxygen atoms in total. The molecule has 2 aromatic rings. The molecule has 0 radical (unpaired) electrons. The van der Waals surface area contributed by atoms with Crippen molar-refractivity contribution in [3.8, 4) is 17.2 Å². The van der Waals surface area contributed by atoms with Crippen molar-refractivity contribution in [3.05, 3.63) is 48.5 Å². The van der Waals surface area contributed by atoms with Gasteiger partial charge in [-0.1, -0.05) is 12.1 Å². The molecular formula is C20H22N2O5. The van der Waals surface area contributed by atoms with Gasteiger partial charge in [0.25, 0.3) is 0 Å². The number of hydrogen-bond acceptors (Lipinski definition) is 5. The highest BCUT2D eigenvalue weighted by Gasteiger charge is 2.24. The number of benzene rings is 2. The summed E-state index contributed by atoms with van der Waals surface area (Å²) in [6.45, 7) is 0.919. The third-order valence-electron chi connectivity index (χ3n) is 4.08. The number of carbonyl (C=O) groups excluding carboxylic acids is 2. The van der Waals surface area contributed by atoms with E-state index in [9.17, 15) is 9.59 Å². The topological polar surface area (TPSA) is 77.1 Å². The van der Waals surface area contributed by atoms with E-state index in [-0.39, 0.29) is 24.8 Å². The van der Waals surface area contributed by atoms with Crippen LogP contribution in [-0.2, 0) is 9.59 Å². The summed E-state index contributed by atoms with van der Waals surface area (Å²) in [6, 6.07) is 14.4. The molecule has 1 aliphatic rings. The number of hydrogen-bond donors (Lipinski definition) is 1. The van der Waals surface area contributed by atoms with Crippen LogP contribution in [0.25, 0.3) is 0 Å². The fraction of sp³-hybridized carbons (Fsp3) is 0.300. The van der Waals surface area contributed by atoms with Gasteiger partial charge in [-0.2, -0.15) is 0 Å². The minimum atomic E-state index is -0.251. The van der Waals surface area contributed by atoms with Crippen LogP contribution in [-0.4, -0.2) is 45.2 Å². The van der Waals surface area contributed by atoms with Gasteiger partial charge in [0.05, 0.1) is 32.4 Å². The van der Waals surface area contributed by atoms with Gasteiger partial charge in [-0.25, -0.2) is 0 Å². The number of methoxy groups -OCH3 is 1. The van der Waals surface area contributed by atoms with Gasteiger partial charge in [0.1, 0.15) is 30.4 Å². The fourth-order valence-electron chi connectivity index (χ4n) is 2.72. The van der Waals surface area contributed by atoms with Crippen LogP contribution >= 0.6 is 0 Å². The Morgan fingerprint density at radius 2 is 1.89 bits per heavy atom. The van der Waals surface area contributed by atoms with E-state index in [4.69, 9.17) is 14.2 Å². The molecule has 0 bridgehead atoms. The second-order valence-electron chi connectivity index (χ2n) is 5.92. The number of ether oxygens (including phenoxy) is 3. The lowest BCUT2D eigenvalue weighted by Gasteiger charge is -2.21. The summed E-state index contributed by atoms with van der Waals surface area (Å²) >= 11 is 0. The smallest absolute Gasteiger partial charge is 0.240 e. The van der Waals surface area contributed by atoms with Crippen molar-refractivity contribution >= 4 is 17.5 Å². The van der Waals surface area contributed by atoms with Crippen LogP contribution in [0, 0.1) is 0 Å². The molecule has 0 aliphatic carbocycles. The normalized spacial score (nSPS) is 13.2. The zero-order chi connectivity index (χ0) is 19.1. The van der Waals surface area contributed by atoms with Crippen LogP contribution in [0.15, 0.2) is 48.5 Å². The van der Waals surface area contributed by atoms with Crippen molar-refractivity contribution in [1.29, 1.82) is 0 Å². The van der Waals surface area contributed by atoms with Gasteiger partial charge in [-0.15, -0.1) is 0 Å². The molecule has 0 unspecified atom stereocenters. The predicted octanol–water partition coefficient (Wildman–Crippen LogP) is 2.01. The first-order valence-electron chi connectivity index (χ1n) is 8.73. The number of fused-ring (bicyclic) bond motifs is 1. The largest absolute Gasteiger partial charge is 0.497 e. The Morgan fingerprint density at radius 1 is 1.15 bits per heavy atom. The maximum atomic E-state index is 12.3. The third kappa shape index (κ3) is 4.91. The van der Waals surface area contributed by atoms with Crippen LogP contribution in [0.3, 0.4) is 0 Å². The standard InChI is InChI=1S/C20H22N2O5/c1-25-15-6-8-16(9-7-15)26-13-11-21-19(23)14-22-17-4-2-3-5-18(17)27-12-10-20(22)24/h2-9H,10-14H2,1H3,(H,21,23). The Kier molecular flexibility index (Phi) is 6.14. The summed E-state index contributed by atoms with van der Waals surface area (Å²) in [5.41, 5.74) is 0.615. The van der Waals surface area contributed by atoms with Crippen LogP contribution in [0.2, 0.25) is 0 Å². The van der Waals surface area contributed by atoms with Crippen molar-refractivity contribution in [1.82, 2.24) is 5.32 Å². The van der Waals surface area contributed by atoms with Gasteiger partial charge < -0.3 is 19.5 Å². The number of nitrogens with one attached hydrogen (secondary N) is 1. The molecule has 27 heavy (non-hydrogen) atoms. The number of rotatable bonds is 7. The molecule has 2 amide bonds. The van der Waals surface area contributed by atoms with Crippen molar-refractivity contribution in [2.75, 3.05) is 38.3 Å². The minimum Gasteiger partial charge on any atom is -0.497 e. The van der Waals surface area contributed by atoms with Crippen molar-refractivity contribution in [3.63, 3.8) is 0 Å². The Bertz CT molecular complexity index is 791. The second kappa shape index (κ2) is 8.93. The zero-order valence-electron chi connectivity index (χ0n) is 15.1. The van der Waals surface area contributed by atoms with E-state index in [2.05, 4.69) is 5.32 Å². The molecule has 1 heterocycles. The highest BCUT2D eigenvalue weighted by molar-refractivity contribution is 6.00. The summed E-state index contributed by atoms with van der Waals surface area (Å²) in [7, 11) is 1.60. The van der Waals surface area contributed by atoms with Gasteiger partial charge in [0.2, 0.25) is 11.8 Å². The third-order valence-corrected chi connectivity index (χ3v) is 4.08. The lowest BCUT2D eigenvalue weighted by molar-refractivity contribution is -0.124. The monoisotopic (exact) mass is 370 g/mol. The van der Waals surface area contributed by atoms with Gasteiger partial charge >= 0.3 is 0 Å². The van der Waals surface area contributed by atoms with Crippen molar-refractivity contribution < 1.29 is 23.8 Å². The minimum absolute atomic E-state index is 0.0538. The van der Waals surface area contributed by atoms with E-state index < -0.39 is 0 Å². The van der Waals surface area contributed by atoms with E-state index >= 15 is 0 Å². The summed E-state index contributed by atoms with van der Waals surface area (Å²) in [5, 5.41) is 2.77.